The van der Waals surface area contributed by atoms with E-state index in [1.807, 2.05) is 43.4 Å². The van der Waals surface area contributed by atoms with Crippen molar-refractivity contribution in [1.29, 1.82) is 0 Å². The number of phenols is 2. The number of aromatic nitrogens is 2. The number of hydrogen-bond donors (Lipinski definition) is 2. The number of pyridine rings is 1. The van der Waals surface area contributed by atoms with Gasteiger partial charge in [0.15, 0.2) is 5.76 Å². The van der Waals surface area contributed by atoms with Crippen molar-refractivity contribution < 1.29 is 19.7 Å². The van der Waals surface area contributed by atoms with Crippen LogP contribution < -0.4 is 4.74 Å². The third kappa shape index (κ3) is 2.57. The lowest BCUT2D eigenvalue weighted by molar-refractivity contribution is 0.101. The molecule has 2 aromatic carbocycles. The first-order valence-electron chi connectivity index (χ1n) is 9.02. The molecule has 0 radical (unpaired) electrons. The Bertz CT molecular complexity index is 1320. The third-order valence-corrected chi connectivity index (χ3v) is 5.11. The Morgan fingerprint density at radius 2 is 1.83 bits per heavy atom. The average molecular weight is 384 g/mol. The highest BCUT2D eigenvalue weighted by Gasteiger charge is 2.32. The molecule has 6 heteroatoms. The van der Waals surface area contributed by atoms with Crippen LogP contribution in [-0.4, -0.2) is 25.5 Å². The summed E-state index contributed by atoms with van der Waals surface area (Å²) in [5, 5.41) is 20.7. The van der Waals surface area contributed by atoms with Crippen LogP contribution >= 0.6 is 0 Å². The lowest BCUT2D eigenvalue weighted by atomic mass is 10.0. The molecule has 2 N–H and O–H groups in total. The van der Waals surface area contributed by atoms with E-state index in [1.165, 1.54) is 6.07 Å². The molecular formula is C23H16N2O4. The van der Waals surface area contributed by atoms with E-state index in [-0.39, 0.29) is 28.6 Å². The number of nitrogens with zero attached hydrogens (tertiary/aromatic N) is 2. The predicted octanol–water partition coefficient (Wildman–Crippen LogP) is 4.27. The van der Waals surface area contributed by atoms with E-state index in [4.69, 9.17) is 4.74 Å². The Morgan fingerprint density at radius 1 is 1.07 bits per heavy atom. The van der Waals surface area contributed by atoms with Crippen molar-refractivity contribution in [2.24, 2.45) is 7.05 Å². The molecule has 0 saturated heterocycles. The number of allylic oxidation sites excluding steroid dienone is 1. The summed E-state index contributed by atoms with van der Waals surface area (Å²) in [6, 6.07) is 14.2. The van der Waals surface area contributed by atoms with Gasteiger partial charge in [-0.3, -0.25) is 9.78 Å². The second-order valence-electron chi connectivity index (χ2n) is 6.85. The molecule has 0 saturated carbocycles. The summed E-state index contributed by atoms with van der Waals surface area (Å²) in [6.07, 6.45) is 5.13. The molecule has 1 aliphatic heterocycles. The SMILES string of the molecule is Cn1c(-c2ccncc2)c(C=C2Oc3cc(O)cc(O)c3C2=O)c2ccccc21. The molecule has 2 aromatic heterocycles. The van der Waals surface area contributed by atoms with E-state index < -0.39 is 5.78 Å². The third-order valence-electron chi connectivity index (χ3n) is 5.11. The number of benzene rings is 2. The topological polar surface area (TPSA) is 84.6 Å². The number of rotatable bonds is 2. The lowest BCUT2D eigenvalue weighted by Gasteiger charge is -2.06. The molecule has 0 atom stereocenters. The van der Waals surface area contributed by atoms with Crippen LogP contribution in [0.4, 0.5) is 0 Å². The van der Waals surface area contributed by atoms with Crippen molar-refractivity contribution in [2.75, 3.05) is 0 Å². The maximum atomic E-state index is 12.9. The summed E-state index contributed by atoms with van der Waals surface area (Å²) in [7, 11) is 1.97. The minimum atomic E-state index is -0.425. The number of aryl methyl sites for hydroxylation is 1. The summed E-state index contributed by atoms with van der Waals surface area (Å²) < 4.78 is 7.77. The van der Waals surface area contributed by atoms with E-state index in [9.17, 15) is 15.0 Å². The van der Waals surface area contributed by atoms with Gasteiger partial charge in [0.25, 0.3) is 0 Å². The van der Waals surface area contributed by atoms with Crippen molar-refractivity contribution in [3.05, 3.63) is 77.8 Å². The van der Waals surface area contributed by atoms with E-state index in [0.29, 0.717) is 0 Å². The number of hydrogen-bond acceptors (Lipinski definition) is 5. The van der Waals surface area contributed by atoms with Crippen LogP contribution in [0.3, 0.4) is 0 Å². The van der Waals surface area contributed by atoms with Gasteiger partial charge in [-0.15, -0.1) is 0 Å². The summed E-state index contributed by atoms with van der Waals surface area (Å²) >= 11 is 0. The fourth-order valence-electron chi connectivity index (χ4n) is 3.84. The predicted molar refractivity (Wildman–Crippen MR) is 109 cm³/mol. The Hall–Kier alpha value is -4.06. The highest BCUT2D eigenvalue weighted by Crippen LogP contribution is 2.42. The van der Waals surface area contributed by atoms with Crippen LogP contribution in [0.5, 0.6) is 17.2 Å². The highest BCUT2D eigenvalue weighted by molar-refractivity contribution is 6.17. The normalized spacial score (nSPS) is 14.4. The summed E-state index contributed by atoms with van der Waals surface area (Å²) in [6.45, 7) is 0. The van der Waals surface area contributed by atoms with Gasteiger partial charge in [-0.25, -0.2) is 0 Å². The number of ether oxygens (including phenoxy) is 1. The molecule has 29 heavy (non-hydrogen) atoms. The van der Waals surface area contributed by atoms with Crippen molar-refractivity contribution in [3.63, 3.8) is 0 Å². The molecule has 6 nitrogen and oxygen atoms in total. The maximum Gasteiger partial charge on any atom is 0.235 e. The van der Waals surface area contributed by atoms with Crippen LogP contribution in [0.15, 0.2) is 66.7 Å². The smallest absolute Gasteiger partial charge is 0.235 e. The first kappa shape index (κ1) is 17.1. The van der Waals surface area contributed by atoms with Gasteiger partial charge < -0.3 is 19.5 Å². The van der Waals surface area contributed by atoms with Gasteiger partial charge in [-0.1, -0.05) is 18.2 Å². The molecule has 0 unspecified atom stereocenters. The van der Waals surface area contributed by atoms with E-state index in [1.54, 1.807) is 18.5 Å². The number of phenolic OH excluding ortho intramolecular Hbond substituents is 2. The Labute approximate surface area is 165 Å². The van der Waals surface area contributed by atoms with Gasteiger partial charge >= 0.3 is 0 Å². The van der Waals surface area contributed by atoms with Crippen LogP contribution in [0.25, 0.3) is 28.2 Å². The zero-order valence-corrected chi connectivity index (χ0v) is 15.5. The van der Waals surface area contributed by atoms with Crippen molar-refractivity contribution in [3.8, 4) is 28.5 Å². The fourth-order valence-corrected chi connectivity index (χ4v) is 3.84. The summed E-state index contributed by atoms with van der Waals surface area (Å²) in [4.78, 5) is 17.0. The molecule has 0 aliphatic carbocycles. The van der Waals surface area contributed by atoms with Crippen LogP contribution in [-0.2, 0) is 7.05 Å². The van der Waals surface area contributed by atoms with Crippen LogP contribution in [0.1, 0.15) is 15.9 Å². The number of Topliss-reactive ketones (excluding diaryl/α,β-unsaturated/α-hetero) is 1. The fraction of sp³-hybridized carbons (Fsp3) is 0.0435. The van der Waals surface area contributed by atoms with Gasteiger partial charge in [0.05, 0.1) is 5.69 Å². The van der Waals surface area contributed by atoms with Crippen molar-refractivity contribution in [2.45, 2.75) is 0 Å². The van der Waals surface area contributed by atoms with Crippen molar-refractivity contribution in [1.82, 2.24) is 9.55 Å². The molecular weight excluding hydrogens is 368 g/mol. The standard InChI is InChI=1S/C23H16N2O4/c1-25-17-5-3-2-4-15(17)16(22(25)13-6-8-24-9-7-13)12-20-23(28)21-18(27)10-14(26)11-19(21)29-20/h2-12,26-27H,1H3. The molecule has 0 spiro atoms. The zero-order valence-electron chi connectivity index (χ0n) is 15.5. The first-order valence-corrected chi connectivity index (χ1v) is 9.02. The first-order chi connectivity index (χ1) is 14.0. The van der Waals surface area contributed by atoms with E-state index in [2.05, 4.69) is 9.55 Å². The van der Waals surface area contributed by atoms with Gasteiger partial charge in [0.1, 0.15) is 22.8 Å². The quantitative estimate of drug-likeness (QED) is 0.504. The molecule has 142 valence electrons. The van der Waals surface area contributed by atoms with E-state index in [0.717, 1.165) is 33.8 Å². The molecule has 0 fully saturated rings. The Kier molecular flexibility index (Phi) is 3.67. The lowest BCUT2D eigenvalue weighted by Crippen LogP contribution is -1.99. The minimum absolute atomic E-state index is 0.0553. The Balaban J connectivity index is 1.74. The summed E-state index contributed by atoms with van der Waals surface area (Å²) in [5.74, 6) is -0.665. The zero-order chi connectivity index (χ0) is 20.1. The number of carbonyl (C=O) groups excluding carboxylic acids is 1. The maximum absolute atomic E-state index is 12.9. The largest absolute Gasteiger partial charge is 0.508 e. The molecule has 1 aliphatic rings. The minimum Gasteiger partial charge on any atom is -0.508 e. The van der Waals surface area contributed by atoms with Gasteiger partial charge in [0, 0.05) is 53.6 Å². The van der Waals surface area contributed by atoms with Gasteiger partial charge in [0.2, 0.25) is 5.78 Å². The van der Waals surface area contributed by atoms with Crippen molar-refractivity contribution >= 4 is 22.8 Å². The number of ketones is 1. The highest BCUT2D eigenvalue weighted by atomic mass is 16.5. The number of aromatic hydroxyl groups is 2. The van der Waals surface area contributed by atoms with Crippen LogP contribution in [0, 0.1) is 0 Å². The van der Waals surface area contributed by atoms with Crippen LogP contribution in [0.2, 0.25) is 0 Å². The molecule has 3 heterocycles. The van der Waals surface area contributed by atoms with E-state index >= 15 is 0 Å². The van der Waals surface area contributed by atoms with Gasteiger partial charge in [-0.05, 0) is 24.3 Å². The second-order valence-corrected chi connectivity index (χ2v) is 6.85. The number of carbonyl (C=O) groups is 1. The molecule has 0 bridgehead atoms. The number of fused-ring (bicyclic) bond motifs is 2. The van der Waals surface area contributed by atoms with Gasteiger partial charge in [-0.2, -0.15) is 0 Å². The molecule has 5 rings (SSSR count). The second kappa shape index (κ2) is 6.24. The average Bonchev–Trinajstić information content (AvgIpc) is 3.17. The molecule has 0 amide bonds. The summed E-state index contributed by atoms with van der Waals surface area (Å²) in [5.41, 5.74) is 3.76. The molecule has 4 aromatic rings. The number of para-hydroxylation sites is 1. The monoisotopic (exact) mass is 384 g/mol. The Morgan fingerprint density at radius 3 is 2.62 bits per heavy atom.